The molecule has 0 bridgehead atoms. The third-order valence-corrected chi connectivity index (χ3v) is 5.37. The molecular formula is C19H26O3S. The highest BCUT2D eigenvalue weighted by atomic mass is 32.2. The molecule has 1 unspecified atom stereocenters. The van der Waals surface area contributed by atoms with E-state index in [0.29, 0.717) is 5.39 Å². The van der Waals surface area contributed by atoms with Gasteiger partial charge in [0.25, 0.3) is 10.1 Å². The maximum atomic E-state index is 12.1. The van der Waals surface area contributed by atoms with Gasteiger partial charge in [0.2, 0.25) is 0 Å². The van der Waals surface area contributed by atoms with E-state index in [0.717, 1.165) is 49.5 Å². The van der Waals surface area contributed by atoms with E-state index >= 15 is 0 Å². The smallest absolute Gasteiger partial charge is 0.282 e. The molecule has 2 aromatic carbocycles. The van der Waals surface area contributed by atoms with E-state index in [4.69, 9.17) is 0 Å². The van der Waals surface area contributed by atoms with Crippen LogP contribution in [0.5, 0.6) is 0 Å². The van der Waals surface area contributed by atoms with E-state index in [1.807, 2.05) is 30.3 Å². The minimum atomic E-state index is -4.25. The van der Waals surface area contributed by atoms with Crippen LogP contribution in [0.15, 0.2) is 41.3 Å². The van der Waals surface area contributed by atoms with Crippen molar-refractivity contribution in [2.75, 3.05) is 0 Å². The lowest BCUT2D eigenvalue weighted by Crippen LogP contribution is -2.09. The topological polar surface area (TPSA) is 54.4 Å². The second-order valence-electron chi connectivity index (χ2n) is 6.16. The Balaban J connectivity index is 2.57. The first-order valence-corrected chi connectivity index (χ1v) is 9.92. The van der Waals surface area contributed by atoms with Gasteiger partial charge in [-0.1, -0.05) is 75.9 Å². The molecule has 0 saturated carbocycles. The number of unbranched alkanes of at least 4 members (excludes halogenated alkanes) is 2. The van der Waals surface area contributed by atoms with Crippen molar-refractivity contribution in [3.63, 3.8) is 0 Å². The Morgan fingerprint density at radius 1 is 0.957 bits per heavy atom. The summed E-state index contributed by atoms with van der Waals surface area (Å²) >= 11 is 0. The number of fused-ring (bicyclic) bond motifs is 1. The molecule has 0 aliphatic carbocycles. The van der Waals surface area contributed by atoms with Gasteiger partial charge in [0.1, 0.15) is 4.90 Å². The normalized spacial score (nSPS) is 13.3. The molecule has 0 saturated heterocycles. The minimum Gasteiger partial charge on any atom is -0.282 e. The molecule has 0 heterocycles. The molecular weight excluding hydrogens is 308 g/mol. The molecule has 0 fully saturated rings. The van der Waals surface area contributed by atoms with Gasteiger partial charge in [-0.05, 0) is 29.7 Å². The second-order valence-corrected chi connectivity index (χ2v) is 7.52. The van der Waals surface area contributed by atoms with Crippen molar-refractivity contribution >= 4 is 20.9 Å². The van der Waals surface area contributed by atoms with Crippen molar-refractivity contribution in [3.05, 3.63) is 42.0 Å². The van der Waals surface area contributed by atoms with Crippen molar-refractivity contribution in [2.24, 2.45) is 0 Å². The van der Waals surface area contributed by atoms with Gasteiger partial charge in [0.05, 0.1) is 0 Å². The van der Waals surface area contributed by atoms with E-state index < -0.39 is 10.1 Å². The van der Waals surface area contributed by atoms with Crippen LogP contribution in [0.2, 0.25) is 0 Å². The molecule has 126 valence electrons. The summed E-state index contributed by atoms with van der Waals surface area (Å²) in [5, 5.41) is 1.46. The largest absolute Gasteiger partial charge is 0.295 e. The molecule has 0 aliphatic heterocycles. The average molecular weight is 334 g/mol. The second kappa shape index (κ2) is 7.93. The van der Waals surface area contributed by atoms with Crippen molar-refractivity contribution in [1.82, 2.24) is 0 Å². The predicted octanol–water partition coefficient (Wildman–Crippen LogP) is 5.55. The number of benzene rings is 2. The molecule has 0 aromatic heterocycles. The highest BCUT2D eigenvalue weighted by Gasteiger charge is 2.24. The fourth-order valence-corrected chi connectivity index (χ4v) is 4.31. The van der Waals surface area contributed by atoms with E-state index in [1.54, 1.807) is 6.07 Å². The summed E-state index contributed by atoms with van der Waals surface area (Å²) in [6, 6.07) is 11.2. The number of hydrogen-bond donors (Lipinski definition) is 1. The maximum Gasteiger partial charge on any atom is 0.295 e. The van der Waals surface area contributed by atoms with Crippen molar-refractivity contribution in [1.29, 1.82) is 0 Å². The first-order chi connectivity index (χ1) is 11.0. The van der Waals surface area contributed by atoms with Crippen molar-refractivity contribution in [2.45, 2.75) is 63.2 Å². The van der Waals surface area contributed by atoms with E-state index in [2.05, 4.69) is 13.8 Å². The van der Waals surface area contributed by atoms with Crippen LogP contribution in [-0.2, 0) is 10.1 Å². The average Bonchev–Trinajstić information content (AvgIpc) is 2.52. The lowest BCUT2D eigenvalue weighted by Gasteiger charge is -2.20. The molecule has 4 heteroatoms. The van der Waals surface area contributed by atoms with E-state index in [9.17, 15) is 13.0 Å². The summed E-state index contributed by atoms with van der Waals surface area (Å²) in [5.74, 6) is 0.174. The van der Waals surface area contributed by atoms with Crippen LogP contribution in [-0.4, -0.2) is 13.0 Å². The Bertz CT molecular complexity index is 750. The summed E-state index contributed by atoms with van der Waals surface area (Å²) in [7, 11) is -4.25. The molecule has 0 aliphatic rings. The summed E-state index contributed by atoms with van der Waals surface area (Å²) in [4.78, 5) is 0.102. The summed E-state index contributed by atoms with van der Waals surface area (Å²) in [5.41, 5.74) is 0.768. The Morgan fingerprint density at radius 2 is 1.70 bits per heavy atom. The fraction of sp³-hybridized carbons (Fsp3) is 0.474. The predicted molar refractivity (Wildman–Crippen MR) is 95.6 cm³/mol. The molecule has 0 radical (unpaired) electrons. The molecule has 1 atom stereocenters. The molecule has 3 nitrogen and oxygen atoms in total. The van der Waals surface area contributed by atoms with Crippen molar-refractivity contribution < 1.29 is 13.0 Å². The van der Waals surface area contributed by atoms with Gasteiger partial charge in [-0.2, -0.15) is 8.42 Å². The Morgan fingerprint density at radius 3 is 2.35 bits per heavy atom. The van der Waals surface area contributed by atoms with Crippen LogP contribution in [0.3, 0.4) is 0 Å². The van der Waals surface area contributed by atoms with Gasteiger partial charge in [-0.15, -0.1) is 0 Å². The highest BCUT2D eigenvalue weighted by Crippen LogP contribution is 2.36. The molecule has 2 aromatic rings. The van der Waals surface area contributed by atoms with Gasteiger partial charge in [0, 0.05) is 5.39 Å². The van der Waals surface area contributed by atoms with Gasteiger partial charge in [0.15, 0.2) is 0 Å². The van der Waals surface area contributed by atoms with Crippen molar-refractivity contribution in [3.8, 4) is 0 Å². The van der Waals surface area contributed by atoms with Crippen LogP contribution < -0.4 is 0 Å². The van der Waals surface area contributed by atoms with Crippen LogP contribution >= 0.6 is 0 Å². The molecule has 2 rings (SSSR count). The van der Waals surface area contributed by atoms with E-state index in [1.165, 1.54) is 0 Å². The number of hydrogen-bond acceptors (Lipinski definition) is 2. The lowest BCUT2D eigenvalue weighted by atomic mass is 9.88. The fourth-order valence-electron chi connectivity index (χ4n) is 3.31. The van der Waals surface area contributed by atoms with Crippen LogP contribution in [0, 0.1) is 0 Å². The quantitative estimate of drug-likeness (QED) is 0.508. The van der Waals surface area contributed by atoms with E-state index in [-0.39, 0.29) is 10.8 Å². The number of rotatable bonds is 8. The lowest BCUT2D eigenvalue weighted by molar-refractivity contribution is 0.476. The maximum absolute atomic E-state index is 12.1. The monoisotopic (exact) mass is 334 g/mol. The summed E-state index contributed by atoms with van der Waals surface area (Å²) < 4.78 is 34.0. The van der Waals surface area contributed by atoms with Crippen LogP contribution in [0.25, 0.3) is 10.8 Å². The third kappa shape index (κ3) is 4.33. The van der Waals surface area contributed by atoms with Gasteiger partial charge < -0.3 is 0 Å². The zero-order valence-electron chi connectivity index (χ0n) is 14.0. The van der Waals surface area contributed by atoms with Gasteiger partial charge >= 0.3 is 0 Å². The first-order valence-electron chi connectivity index (χ1n) is 8.48. The molecule has 0 spiro atoms. The zero-order valence-corrected chi connectivity index (χ0v) is 14.8. The Hall–Kier alpha value is -1.39. The Kier molecular flexibility index (Phi) is 6.19. The molecule has 1 N–H and O–H groups in total. The van der Waals surface area contributed by atoms with Gasteiger partial charge in [-0.25, -0.2) is 0 Å². The highest BCUT2D eigenvalue weighted by molar-refractivity contribution is 7.86. The standard InChI is InChI=1S/C19H26O3S/c1-3-5-6-10-15(9-4-2)18-14-13-16-11-7-8-12-17(16)19(18)23(20,21)22/h7-8,11-15H,3-6,9-10H2,1-2H3,(H,20,21,22). The Labute approximate surface area is 139 Å². The minimum absolute atomic E-state index is 0.102. The van der Waals surface area contributed by atoms with Crippen LogP contribution in [0.1, 0.15) is 63.9 Å². The molecule has 23 heavy (non-hydrogen) atoms. The third-order valence-electron chi connectivity index (χ3n) is 4.40. The summed E-state index contributed by atoms with van der Waals surface area (Å²) in [6.45, 7) is 4.27. The zero-order chi connectivity index (χ0) is 16.9. The first kappa shape index (κ1) is 18.0. The summed E-state index contributed by atoms with van der Waals surface area (Å²) in [6.07, 6.45) is 6.26. The van der Waals surface area contributed by atoms with Crippen LogP contribution in [0.4, 0.5) is 0 Å². The molecule has 0 amide bonds. The SMILES string of the molecule is CCCCCC(CCC)c1ccc2ccccc2c1S(=O)(=O)O. The van der Waals surface area contributed by atoms with Gasteiger partial charge in [-0.3, -0.25) is 4.55 Å².